The summed E-state index contributed by atoms with van der Waals surface area (Å²) in [6.45, 7) is 8.89. The number of aryl methyl sites for hydroxylation is 1. The molecule has 0 bridgehead atoms. The van der Waals surface area contributed by atoms with Crippen molar-refractivity contribution in [2.45, 2.75) is 65.5 Å². The number of benzene rings is 2. The summed E-state index contributed by atoms with van der Waals surface area (Å²) in [5.41, 5.74) is 9.68. The number of hydrogen-bond donors (Lipinski definition) is 1. The van der Waals surface area contributed by atoms with E-state index in [4.69, 9.17) is 11.6 Å². The molecule has 30 heavy (non-hydrogen) atoms. The van der Waals surface area contributed by atoms with E-state index in [1.807, 2.05) is 18.2 Å². The van der Waals surface area contributed by atoms with Crippen molar-refractivity contribution in [2.24, 2.45) is 0 Å². The molecule has 1 N–H and O–H groups in total. The topological polar surface area (TPSA) is 15.3 Å². The highest BCUT2D eigenvalue weighted by Crippen LogP contribution is 2.33. The zero-order valence-corrected chi connectivity index (χ0v) is 19.2. The fourth-order valence-electron chi connectivity index (χ4n) is 4.97. The maximum Gasteiger partial charge on any atom is 0.0499 e. The molecule has 0 aromatic heterocycles. The fourth-order valence-corrected chi connectivity index (χ4v) is 5.20. The maximum atomic E-state index is 6.47. The highest BCUT2D eigenvalue weighted by Gasteiger charge is 2.28. The van der Waals surface area contributed by atoms with Gasteiger partial charge in [0.05, 0.1) is 0 Å². The summed E-state index contributed by atoms with van der Waals surface area (Å²) < 4.78 is 0. The Hall–Kier alpha value is -2.03. The Balaban J connectivity index is 1.51. The van der Waals surface area contributed by atoms with Crippen molar-refractivity contribution in [1.82, 2.24) is 10.2 Å². The summed E-state index contributed by atoms with van der Waals surface area (Å²) in [5, 5.41) is 4.55. The SMILES string of the molecule is C/C=C(\NC1=C(C)CCC(N2CCc3cccc(CC)c3C2)C1)c1ccccc1Cl. The molecule has 1 aliphatic carbocycles. The highest BCUT2D eigenvalue weighted by molar-refractivity contribution is 6.32. The maximum absolute atomic E-state index is 6.47. The van der Waals surface area contributed by atoms with Crippen LogP contribution >= 0.6 is 11.6 Å². The molecule has 2 aromatic rings. The number of nitrogens with one attached hydrogen (secondary N) is 1. The van der Waals surface area contributed by atoms with E-state index in [0.717, 1.165) is 48.6 Å². The molecule has 0 amide bonds. The smallest absolute Gasteiger partial charge is 0.0499 e. The first-order valence-corrected chi connectivity index (χ1v) is 11.7. The molecule has 158 valence electrons. The van der Waals surface area contributed by atoms with Gasteiger partial charge in [-0.2, -0.15) is 0 Å². The standard InChI is InChI=1S/C27H33ClN2/c1-4-20-9-8-10-21-15-16-30(18-24(20)21)22-14-13-19(3)27(17-22)29-26(5-2)23-11-6-7-12-25(23)28/h5-12,22,29H,4,13-18H2,1-3H3/b26-5-. The number of nitrogens with zero attached hydrogens (tertiary/aromatic N) is 1. The first kappa shape index (κ1) is 21.2. The second kappa shape index (κ2) is 9.41. The zero-order chi connectivity index (χ0) is 21.1. The van der Waals surface area contributed by atoms with Gasteiger partial charge in [0.15, 0.2) is 0 Å². The van der Waals surface area contributed by atoms with Crippen LogP contribution in [0, 0.1) is 0 Å². The van der Waals surface area contributed by atoms with Crippen LogP contribution in [0.15, 0.2) is 59.8 Å². The normalized spacial score (nSPS) is 20.3. The van der Waals surface area contributed by atoms with Gasteiger partial charge in [0, 0.05) is 47.5 Å². The van der Waals surface area contributed by atoms with Crippen molar-refractivity contribution >= 4 is 17.3 Å². The van der Waals surface area contributed by atoms with Gasteiger partial charge in [0.2, 0.25) is 0 Å². The molecule has 1 heterocycles. The molecular formula is C27H33ClN2. The number of fused-ring (bicyclic) bond motifs is 1. The number of hydrogen-bond acceptors (Lipinski definition) is 2. The van der Waals surface area contributed by atoms with Gasteiger partial charge in [0.1, 0.15) is 0 Å². The molecule has 0 fully saturated rings. The van der Waals surface area contributed by atoms with Crippen LogP contribution in [0.1, 0.15) is 62.3 Å². The third-order valence-electron chi connectivity index (χ3n) is 6.84. The van der Waals surface area contributed by atoms with Gasteiger partial charge in [-0.25, -0.2) is 0 Å². The van der Waals surface area contributed by atoms with Crippen molar-refractivity contribution in [3.8, 4) is 0 Å². The van der Waals surface area contributed by atoms with Crippen LogP contribution in [0.5, 0.6) is 0 Å². The van der Waals surface area contributed by atoms with E-state index in [0.29, 0.717) is 6.04 Å². The number of allylic oxidation sites excluding steroid dienone is 2. The molecule has 1 atom stereocenters. The minimum Gasteiger partial charge on any atom is -0.359 e. The van der Waals surface area contributed by atoms with Crippen LogP contribution in [0.4, 0.5) is 0 Å². The third-order valence-corrected chi connectivity index (χ3v) is 7.17. The van der Waals surface area contributed by atoms with Crippen LogP contribution < -0.4 is 5.32 Å². The van der Waals surface area contributed by atoms with Gasteiger partial charge in [-0.15, -0.1) is 0 Å². The summed E-state index contributed by atoms with van der Waals surface area (Å²) >= 11 is 6.47. The molecule has 0 spiro atoms. The molecule has 3 heteroatoms. The first-order chi connectivity index (χ1) is 14.6. The Morgan fingerprint density at radius 1 is 1.17 bits per heavy atom. The zero-order valence-electron chi connectivity index (χ0n) is 18.5. The predicted molar refractivity (Wildman–Crippen MR) is 129 cm³/mol. The lowest BCUT2D eigenvalue weighted by Gasteiger charge is -2.39. The van der Waals surface area contributed by atoms with E-state index in [1.54, 1.807) is 11.1 Å². The van der Waals surface area contributed by atoms with Gasteiger partial charge in [-0.05, 0) is 62.3 Å². The minimum atomic E-state index is 0.596. The average molecular weight is 421 g/mol. The van der Waals surface area contributed by atoms with E-state index in [2.05, 4.69) is 61.3 Å². The largest absolute Gasteiger partial charge is 0.359 e. The van der Waals surface area contributed by atoms with Crippen molar-refractivity contribution in [1.29, 1.82) is 0 Å². The predicted octanol–water partition coefficient (Wildman–Crippen LogP) is 6.74. The van der Waals surface area contributed by atoms with Crippen molar-refractivity contribution in [3.05, 3.63) is 87.1 Å². The summed E-state index contributed by atoms with van der Waals surface area (Å²) in [5.74, 6) is 0. The van der Waals surface area contributed by atoms with Gasteiger partial charge in [-0.1, -0.05) is 66.6 Å². The molecule has 1 aliphatic heterocycles. The Kier molecular flexibility index (Phi) is 6.65. The molecule has 0 saturated heterocycles. The lowest BCUT2D eigenvalue weighted by atomic mass is 9.88. The quantitative estimate of drug-likeness (QED) is 0.576. The molecule has 1 unspecified atom stereocenters. The summed E-state index contributed by atoms with van der Waals surface area (Å²) in [4.78, 5) is 2.72. The molecule has 0 radical (unpaired) electrons. The number of rotatable bonds is 5. The Morgan fingerprint density at radius 3 is 2.77 bits per heavy atom. The molecule has 4 rings (SSSR count). The van der Waals surface area contributed by atoms with Crippen LogP contribution in [-0.4, -0.2) is 17.5 Å². The van der Waals surface area contributed by atoms with E-state index < -0.39 is 0 Å². The van der Waals surface area contributed by atoms with Crippen molar-refractivity contribution in [3.63, 3.8) is 0 Å². The second-order valence-corrected chi connectivity index (χ2v) is 9.00. The third kappa shape index (κ3) is 4.36. The van der Waals surface area contributed by atoms with Crippen LogP contribution in [0.2, 0.25) is 5.02 Å². The van der Waals surface area contributed by atoms with Gasteiger partial charge >= 0.3 is 0 Å². The Bertz CT molecular complexity index is 958. The molecule has 2 nitrogen and oxygen atoms in total. The summed E-state index contributed by atoms with van der Waals surface area (Å²) in [6, 6.07) is 15.5. The van der Waals surface area contributed by atoms with Crippen LogP contribution in [0.25, 0.3) is 5.70 Å². The molecule has 2 aromatic carbocycles. The van der Waals surface area contributed by atoms with E-state index >= 15 is 0 Å². The minimum absolute atomic E-state index is 0.596. The Morgan fingerprint density at radius 2 is 2.00 bits per heavy atom. The summed E-state index contributed by atoms with van der Waals surface area (Å²) in [7, 11) is 0. The van der Waals surface area contributed by atoms with E-state index in [9.17, 15) is 0 Å². The molecular weight excluding hydrogens is 388 g/mol. The lowest BCUT2D eigenvalue weighted by Crippen LogP contribution is -2.42. The molecule has 2 aliphatic rings. The monoisotopic (exact) mass is 420 g/mol. The van der Waals surface area contributed by atoms with Crippen LogP contribution in [0.3, 0.4) is 0 Å². The fraction of sp³-hybridized carbons (Fsp3) is 0.407. The Labute approximate surface area is 186 Å². The van der Waals surface area contributed by atoms with E-state index in [-0.39, 0.29) is 0 Å². The second-order valence-electron chi connectivity index (χ2n) is 8.59. The molecule has 0 saturated carbocycles. The van der Waals surface area contributed by atoms with Crippen molar-refractivity contribution in [2.75, 3.05) is 6.54 Å². The van der Waals surface area contributed by atoms with Gasteiger partial charge in [0.25, 0.3) is 0 Å². The van der Waals surface area contributed by atoms with Gasteiger partial charge < -0.3 is 5.32 Å². The number of halogens is 1. The van der Waals surface area contributed by atoms with Crippen LogP contribution in [-0.2, 0) is 19.4 Å². The summed E-state index contributed by atoms with van der Waals surface area (Å²) in [6.07, 6.45) is 7.91. The first-order valence-electron chi connectivity index (χ1n) is 11.3. The highest BCUT2D eigenvalue weighted by atomic mass is 35.5. The average Bonchev–Trinajstić information content (AvgIpc) is 2.78. The van der Waals surface area contributed by atoms with Crippen molar-refractivity contribution < 1.29 is 0 Å². The lowest BCUT2D eigenvalue weighted by molar-refractivity contribution is 0.161. The van der Waals surface area contributed by atoms with E-state index in [1.165, 1.54) is 29.7 Å². The van der Waals surface area contributed by atoms with Gasteiger partial charge in [-0.3, -0.25) is 4.90 Å².